The standard InChI is InChI=1S/C10H10O4/c1-12-8-4-3-6-7(11)5-14-9(6)10(8)13-2/h3-4H,5H2,1-2H3. The van der Waals surface area contributed by atoms with Crippen LogP contribution < -0.4 is 14.2 Å². The smallest absolute Gasteiger partial charge is 0.204 e. The van der Waals surface area contributed by atoms with Gasteiger partial charge in [-0.2, -0.15) is 0 Å². The van der Waals surface area contributed by atoms with Gasteiger partial charge in [-0.1, -0.05) is 0 Å². The first-order chi connectivity index (χ1) is 6.77. The highest BCUT2D eigenvalue weighted by molar-refractivity contribution is 6.03. The Morgan fingerprint density at radius 3 is 2.71 bits per heavy atom. The van der Waals surface area contributed by atoms with E-state index in [0.717, 1.165) is 0 Å². The predicted octanol–water partition coefficient (Wildman–Crippen LogP) is 1.28. The van der Waals surface area contributed by atoms with Gasteiger partial charge in [-0.25, -0.2) is 0 Å². The maximum absolute atomic E-state index is 11.3. The number of carbonyl (C=O) groups excluding carboxylic acids is 1. The van der Waals surface area contributed by atoms with Crippen molar-refractivity contribution in [1.29, 1.82) is 0 Å². The molecule has 1 aromatic rings. The van der Waals surface area contributed by atoms with E-state index in [-0.39, 0.29) is 12.4 Å². The molecule has 0 fully saturated rings. The zero-order valence-electron chi connectivity index (χ0n) is 7.99. The highest BCUT2D eigenvalue weighted by atomic mass is 16.5. The normalized spacial score (nSPS) is 13.4. The molecule has 0 bridgehead atoms. The Kier molecular flexibility index (Phi) is 2.04. The summed E-state index contributed by atoms with van der Waals surface area (Å²) >= 11 is 0. The van der Waals surface area contributed by atoms with Crippen LogP contribution in [0, 0.1) is 0 Å². The number of benzene rings is 1. The van der Waals surface area contributed by atoms with E-state index in [2.05, 4.69) is 0 Å². The molecule has 0 saturated carbocycles. The minimum atomic E-state index is -0.0269. The molecule has 0 radical (unpaired) electrons. The second kappa shape index (κ2) is 3.21. The zero-order valence-corrected chi connectivity index (χ0v) is 7.99. The van der Waals surface area contributed by atoms with Crippen molar-refractivity contribution in [3.05, 3.63) is 17.7 Å². The maximum atomic E-state index is 11.3. The molecule has 4 heteroatoms. The van der Waals surface area contributed by atoms with E-state index in [0.29, 0.717) is 22.8 Å². The Morgan fingerprint density at radius 1 is 1.29 bits per heavy atom. The quantitative estimate of drug-likeness (QED) is 0.711. The van der Waals surface area contributed by atoms with Crippen LogP contribution in [0.3, 0.4) is 0 Å². The molecular weight excluding hydrogens is 184 g/mol. The summed E-state index contributed by atoms with van der Waals surface area (Å²) in [6, 6.07) is 3.39. The first-order valence-electron chi connectivity index (χ1n) is 4.19. The molecule has 0 aliphatic carbocycles. The first kappa shape index (κ1) is 8.87. The van der Waals surface area contributed by atoms with Crippen LogP contribution in [0.5, 0.6) is 17.2 Å². The lowest BCUT2D eigenvalue weighted by Gasteiger charge is -2.10. The molecule has 4 nitrogen and oxygen atoms in total. The molecule has 0 aromatic heterocycles. The van der Waals surface area contributed by atoms with Crippen molar-refractivity contribution in [3.63, 3.8) is 0 Å². The predicted molar refractivity (Wildman–Crippen MR) is 49.4 cm³/mol. The summed E-state index contributed by atoms with van der Waals surface area (Å²) in [4.78, 5) is 11.3. The average Bonchev–Trinajstić information content (AvgIpc) is 2.59. The van der Waals surface area contributed by atoms with Gasteiger partial charge in [0, 0.05) is 0 Å². The molecule has 0 unspecified atom stereocenters. The summed E-state index contributed by atoms with van der Waals surface area (Å²) in [6.45, 7) is 0.0822. The number of ether oxygens (including phenoxy) is 3. The second-order valence-corrected chi connectivity index (χ2v) is 2.89. The Bertz CT molecular complexity index is 384. The SMILES string of the molecule is COc1ccc2c(c1OC)OCC2=O. The minimum Gasteiger partial charge on any atom is -0.493 e. The number of carbonyl (C=O) groups is 1. The molecule has 0 spiro atoms. The molecule has 1 heterocycles. The molecular formula is C10H10O4. The van der Waals surface area contributed by atoms with Crippen molar-refractivity contribution >= 4 is 5.78 Å². The summed E-state index contributed by atoms with van der Waals surface area (Å²) in [5.74, 6) is 1.51. The van der Waals surface area contributed by atoms with Gasteiger partial charge in [-0.15, -0.1) is 0 Å². The van der Waals surface area contributed by atoms with Gasteiger partial charge >= 0.3 is 0 Å². The van der Waals surface area contributed by atoms with Crippen LogP contribution in [0.4, 0.5) is 0 Å². The molecule has 14 heavy (non-hydrogen) atoms. The number of Topliss-reactive ketones (excluding diaryl/α,β-unsaturated/α-hetero) is 1. The fourth-order valence-corrected chi connectivity index (χ4v) is 1.48. The van der Waals surface area contributed by atoms with E-state index in [1.54, 1.807) is 19.2 Å². The summed E-state index contributed by atoms with van der Waals surface area (Å²) in [5.41, 5.74) is 0.558. The topological polar surface area (TPSA) is 44.8 Å². The highest BCUT2D eigenvalue weighted by Gasteiger charge is 2.27. The van der Waals surface area contributed by atoms with Gasteiger partial charge in [-0.05, 0) is 12.1 Å². The summed E-state index contributed by atoms with van der Waals surface area (Å²) in [5, 5.41) is 0. The number of methoxy groups -OCH3 is 2. The van der Waals surface area contributed by atoms with Crippen LogP contribution >= 0.6 is 0 Å². The van der Waals surface area contributed by atoms with Crippen molar-refractivity contribution in [2.45, 2.75) is 0 Å². The van der Waals surface area contributed by atoms with E-state index in [4.69, 9.17) is 14.2 Å². The van der Waals surface area contributed by atoms with E-state index >= 15 is 0 Å². The molecule has 0 amide bonds. The van der Waals surface area contributed by atoms with E-state index in [1.807, 2.05) is 0 Å². The molecule has 1 aliphatic heterocycles. The van der Waals surface area contributed by atoms with Gasteiger partial charge in [0.15, 0.2) is 18.1 Å². The third-order valence-electron chi connectivity index (χ3n) is 2.15. The number of hydrogen-bond acceptors (Lipinski definition) is 4. The second-order valence-electron chi connectivity index (χ2n) is 2.89. The largest absolute Gasteiger partial charge is 0.493 e. The van der Waals surface area contributed by atoms with Crippen molar-refractivity contribution in [2.75, 3.05) is 20.8 Å². The third-order valence-corrected chi connectivity index (χ3v) is 2.15. The Hall–Kier alpha value is -1.71. The number of ketones is 1. The van der Waals surface area contributed by atoms with Crippen LogP contribution in [-0.4, -0.2) is 26.6 Å². The maximum Gasteiger partial charge on any atom is 0.204 e. The van der Waals surface area contributed by atoms with Crippen molar-refractivity contribution in [2.24, 2.45) is 0 Å². The number of hydrogen-bond donors (Lipinski definition) is 0. The van der Waals surface area contributed by atoms with Crippen LogP contribution in [-0.2, 0) is 0 Å². The van der Waals surface area contributed by atoms with E-state index in [1.165, 1.54) is 7.11 Å². The van der Waals surface area contributed by atoms with Gasteiger partial charge in [0.1, 0.15) is 0 Å². The summed E-state index contributed by atoms with van der Waals surface area (Å²) < 4.78 is 15.4. The van der Waals surface area contributed by atoms with Gasteiger partial charge < -0.3 is 14.2 Å². The lowest BCUT2D eigenvalue weighted by molar-refractivity contribution is 0.0960. The molecule has 0 N–H and O–H groups in total. The lowest BCUT2D eigenvalue weighted by atomic mass is 10.1. The number of fused-ring (bicyclic) bond motifs is 1. The molecule has 2 rings (SSSR count). The molecule has 1 aromatic carbocycles. The van der Waals surface area contributed by atoms with Crippen LogP contribution in [0.2, 0.25) is 0 Å². The lowest BCUT2D eigenvalue weighted by Crippen LogP contribution is -1.98. The van der Waals surface area contributed by atoms with Gasteiger partial charge in [0.05, 0.1) is 19.8 Å². The van der Waals surface area contributed by atoms with Crippen LogP contribution in [0.25, 0.3) is 0 Å². The van der Waals surface area contributed by atoms with Gasteiger partial charge in [-0.3, -0.25) is 4.79 Å². The Balaban J connectivity index is 2.59. The van der Waals surface area contributed by atoms with Crippen molar-refractivity contribution in [3.8, 4) is 17.2 Å². The molecule has 74 valence electrons. The van der Waals surface area contributed by atoms with Crippen molar-refractivity contribution < 1.29 is 19.0 Å². The number of rotatable bonds is 2. The van der Waals surface area contributed by atoms with Crippen molar-refractivity contribution in [1.82, 2.24) is 0 Å². The fraction of sp³-hybridized carbons (Fsp3) is 0.300. The Labute approximate surface area is 81.4 Å². The first-order valence-corrected chi connectivity index (χ1v) is 4.19. The van der Waals surface area contributed by atoms with E-state index < -0.39 is 0 Å². The zero-order chi connectivity index (χ0) is 10.1. The van der Waals surface area contributed by atoms with Crippen LogP contribution in [0.1, 0.15) is 10.4 Å². The van der Waals surface area contributed by atoms with Crippen LogP contribution in [0.15, 0.2) is 12.1 Å². The molecule has 0 atom stereocenters. The molecule has 0 saturated heterocycles. The average molecular weight is 194 g/mol. The summed E-state index contributed by atoms with van der Waals surface area (Å²) in [7, 11) is 3.06. The minimum absolute atomic E-state index is 0.0269. The summed E-state index contributed by atoms with van der Waals surface area (Å²) in [6.07, 6.45) is 0. The Morgan fingerprint density at radius 2 is 2.07 bits per heavy atom. The molecule has 1 aliphatic rings. The van der Waals surface area contributed by atoms with E-state index in [9.17, 15) is 4.79 Å². The van der Waals surface area contributed by atoms with Gasteiger partial charge in [0.25, 0.3) is 0 Å². The third kappa shape index (κ3) is 1.11. The monoisotopic (exact) mass is 194 g/mol. The highest BCUT2D eigenvalue weighted by Crippen LogP contribution is 2.42. The van der Waals surface area contributed by atoms with Gasteiger partial charge in [0.2, 0.25) is 11.5 Å². The fourth-order valence-electron chi connectivity index (χ4n) is 1.48.